The second kappa shape index (κ2) is 13.3. The van der Waals surface area contributed by atoms with E-state index in [-0.39, 0.29) is 0 Å². The van der Waals surface area contributed by atoms with Crippen molar-refractivity contribution in [2.45, 2.75) is 27.7 Å². The first-order chi connectivity index (χ1) is 10.6. The van der Waals surface area contributed by atoms with Gasteiger partial charge in [-0.2, -0.15) is 0 Å². The lowest BCUT2D eigenvalue weighted by Gasteiger charge is -2.01. The number of allylic oxidation sites excluding steroid dienone is 14. The van der Waals surface area contributed by atoms with Crippen LogP contribution >= 0.6 is 0 Å². The van der Waals surface area contributed by atoms with Crippen LogP contribution in [0, 0.1) is 24.2 Å². The molecule has 0 unspecified atom stereocenters. The predicted molar refractivity (Wildman–Crippen MR) is 100 cm³/mol. The molecule has 0 aliphatic heterocycles. The Balaban J connectivity index is 4.45. The molecule has 0 aromatic rings. The predicted octanol–water partition coefficient (Wildman–Crippen LogP) is 5.71. The Morgan fingerprint density at radius 1 is 0.773 bits per heavy atom. The average Bonchev–Trinajstić information content (AvgIpc) is 2.51. The van der Waals surface area contributed by atoms with Crippen LogP contribution in [-0.2, 0) is 0 Å². The highest BCUT2D eigenvalue weighted by molar-refractivity contribution is 5.42. The molecule has 0 amide bonds. The van der Waals surface area contributed by atoms with E-state index in [2.05, 4.69) is 37.7 Å². The van der Waals surface area contributed by atoms with Crippen molar-refractivity contribution in [1.29, 1.82) is 0 Å². The lowest BCUT2D eigenvalue weighted by Crippen LogP contribution is -1.83. The van der Waals surface area contributed by atoms with Gasteiger partial charge in [-0.25, -0.2) is 0 Å². The van der Waals surface area contributed by atoms with Gasteiger partial charge >= 0.3 is 0 Å². The van der Waals surface area contributed by atoms with Crippen LogP contribution in [0.15, 0.2) is 83.6 Å². The molecule has 0 nitrogen and oxygen atoms in total. The van der Waals surface area contributed by atoms with Gasteiger partial charge in [-0.1, -0.05) is 72.6 Å². The number of hydrogen-bond donors (Lipinski definition) is 0. The summed E-state index contributed by atoms with van der Waals surface area (Å²) in [6.45, 7) is 8.09. The SMILES string of the molecule is C#CC=CC=CC=CC=CC=CC=C(C)C(C)=C(C)C#CC. The molecule has 0 saturated heterocycles. The second-order valence-corrected chi connectivity index (χ2v) is 4.54. The summed E-state index contributed by atoms with van der Waals surface area (Å²) in [4.78, 5) is 0. The Bertz CT molecular complexity index is 636. The molecule has 0 aliphatic rings. The zero-order valence-electron chi connectivity index (χ0n) is 13.9. The van der Waals surface area contributed by atoms with E-state index in [0.717, 1.165) is 5.57 Å². The van der Waals surface area contributed by atoms with Crippen LogP contribution in [0.1, 0.15) is 27.7 Å². The largest absolute Gasteiger partial charge is 0.115 e. The second-order valence-electron chi connectivity index (χ2n) is 4.54. The minimum atomic E-state index is 1.12. The molecule has 22 heavy (non-hydrogen) atoms. The molecule has 0 heterocycles. The minimum absolute atomic E-state index is 1.12. The van der Waals surface area contributed by atoms with Crippen molar-refractivity contribution in [2.24, 2.45) is 0 Å². The number of terminal acetylenes is 1. The van der Waals surface area contributed by atoms with Gasteiger partial charge in [0.15, 0.2) is 0 Å². The topological polar surface area (TPSA) is 0 Å². The van der Waals surface area contributed by atoms with Gasteiger partial charge in [0.05, 0.1) is 0 Å². The first-order valence-electron chi connectivity index (χ1n) is 7.20. The lowest BCUT2D eigenvalue weighted by molar-refractivity contribution is 1.29. The van der Waals surface area contributed by atoms with Gasteiger partial charge in [0, 0.05) is 5.57 Å². The summed E-state index contributed by atoms with van der Waals surface area (Å²) >= 11 is 0. The van der Waals surface area contributed by atoms with E-state index in [1.54, 1.807) is 6.08 Å². The van der Waals surface area contributed by atoms with Crippen molar-refractivity contribution in [1.82, 2.24) is 0 Å². The molecule has 0 atom stereocenters. The molecular formula is C22H24. The monoisotopic (exact) mass is 288 g/mol. The number of hydrogen-bond acceptors (Lipinski definition) is 0. The first kappa shape index (κ1) is 19.3. The third kappa shape index (κ3) is 10.1. The van der Waals surface area contributed by atoms with Crippen LogP contribution in [0.25, 0.3) is 0 Å². The fraction of sp³-hybridized carbons (Fsp3) is 0.182. The molecule has 0 N–H and O–H groups in total. The van der Waals surface area contributed by atoms with Gasteiger partial charge in [0.2, 0.25) is 0 Å². The summed E-state index contributed by atoms with van der Waals surface area (Å²) in [5.74, 6) is 8.44. The first-order valence-corrected chi connectivity index (χ1v) is 7.20. The Hall–Kier alpha value is -2.70. The van der Waals surface area contributed by atoms with Gasteiger partial charge in [-0.3, -0.25) is 0 Å². The highest BCUT2D eigenvalue weighted by atomic mass is 14.0. The van der Waals surface area contributed by atoms with Crippen molar-refractivity contribution >= 4 is 0 Å². The molecule has 112 valence electrons. The Labute approximate surface area is 136 Å². The fourth-order valence-electron chi connectivity index (χ4n) is 1.46. The summed E-state index contributed by atoms with van der Waals surface area (Å²) in [5, 5.41) is 0. The summed E-state index contributed by atoms with van der Waals surface area (Å²) in [6.07, 6.45) is 26.4. The van der Waals surface area contributed by atoms with Crippen LogP contribution in [0.5, 0.6) is 0 Å². The van der Waals surface area contributed by atoms with Gasteiger partial charge in [0.1, 0.15) is 0 Å². The molecule has 0 bridgehead atoms. The van der Waals surface area contributed by atoms with Crippen LogP contribution < -0.4 is 0 Å². The Morgan fingerprint density at radius 3 is 1.77 bits per heavy atom. The third-order valence-electron chi connectivity index (χ3n) is 2.89. The molecular weight excluding hydrogens is 264 g/mol. The fourth-order valence-corrected chi connectivity index (χ4v) is 1.46. The maximum Gasteiger partial charge on any atom is 0.00209 e. The van der Waals surface area contributed by atoms with E-state index in [0.29, 0.717) is 0 Å². The highest BCUT2D eigenvalue weighted by Gasteiger charge is 1.94. The van der Waals surface area contributed by atoms with Crippen molar-refractivity contribution < 1.29 is 0 Å². The van der Waals surface area contributed by atoms with Crippen LogP contribution in [0.2, 0.25) is 0 Å². The summed E-state index contributed by atoms with van der Waals surface area (Å²) in [6, 6.07) is 0. The van der Waals surface area contributed by atoms with Gasteiger partial charge in [-0.05, 0) is 44.9 Å². The van der Waals surface area contributed by atoms with E-state index >= 15 is 0 Å². The standard InChI is InChI=1S/C22H24/c1-6-8-9-10-11-12-13-14-15-16-17-19-21(4)22(5)20(3)18-7-2/h1,8-17,19H,2-5H3. The molecule has 0 aromatic carbocycles. The normalized spacial score (nSPS) is 14.0. The quantitative estimate of drug-likeness (QED) is 0.434. The highest BCUT2D eigenvalue weighted by Crippen LogP contribution is 2.13. The average molecular weight is 288 g/mol. The zero-order chi connectivity index (χ0) is 16.6. The summed E-state index contributed by atoms with van der Waals surface area (Å²) in [7, 11) is 0. The van der Waals surface area contributed by atoms with Crippen LogP contribution in [0.4, 0.5) is 0 Å². The molecule has 0 aliphatic carbocycles. The molecule has 0 saturated carbocycles. The van der Waals surface area contributed by atoms with Gasteiger partial charge < -0.3 is 0 Å². The Morgan fingerprint density at radius 2 is 1.27 bits per heavy atom. The van der Waals surface area contributed by atoms with E-state index in [4.69, 9.17) is 6.42 Å². The third-order valence-corrected chi connectivity index (χ3v) is 2.89. The maximum atomic E-state index is 5.09. The van der Waals surface area contributed by atoms with Crippen molar-refractivity contribution in [3.63, 3.8) is 0 Å². The van der Waals surface area contributed by atoms with Crippen molar-refractivity contribution in [3.8, 4) is 24.2 Å². The van der Waals surface area contributed by atoms with E-state index in [9.17, 15) is 0 Å². The summed E-state index contributed by atoms with van der Waals surface area (Å²) < 4.78 is 0. The minimum Gasteiger partial charge on any atom is -0.115 e. The van der Waals surface area contributed by atoms with E-state index < -0.39 is 0 Å². The number of rotatable bonds is 6. The van der Waals surface area contributed by atoms with Gasteiger partial charge in [-0.15, -0.1) is 12.3 Å². The molecule has 0 heteroatoms. The van der Waals surface area contributed by atoms with E-state index in [1.807, 2.05) is 68.5 Å². The molecule has 0 radical (unpaired) electrons. The zero-order valence-corrected chi connectivity index (χ0v) is 13.9. The van der Waals surface area contributed by atoms with Crippen molar-refractivity contribution in [2.75, 3.05) is 0 Å². The lowest BCUT2D eigenvalue weighted by atomic mass is 10.0. The van der Waals surface area contributed by atoms with Crippen LogP contribution in [-0.4, -0.2) is 0 Å². The Kier molecular flexibility index (Phi) is 11.7. The van der Waals surface area contributed by atoms with Gasteiger partial charge in [0.25, 0.3) is 0 Å². The molecule has 0 spiro atoms. The van der Waals surface area contributed by atoms with E-state index in [1.165, 1.54) is 11.1 Å². The smallest absolute Gasteiger partial charge is 0.00209 e. The van der Waals surface area contributed by atoms with Crippen LogP contribution in [0.3, 0.4) is 0 Å². The molecule has 0 rings (SSSR count). The van der Waals surface area contributed by atoms with Crippen molar-refractivity contribution in [3.05, 3.63) is 83.6 Å². The maximum absolute atomic E-state index is 5.09. The molecule has 0 aromatic heterocycles. The molecule has 0 fully saturated rings. The summed E-state index contributed by atoms with van der Waals surface area (Å²) in [5.41, 5.74) is 3.57.